The minimum Gasteiger partial charge on any atom is -0.463 e. The maximum Gasteiger partial charge on any atom is 0.387 e. The van der Waals surface area contributed by atoms with Gasteiger partial charge in [-0.2, -0.15) is 24.2 Å². The van der Waals surface area contributed by atoms with Gasteiger partial charge in [0.1, 0.15) is 11.9 Å². The van der Waals surface area contributed by atoms with Crippen LogP contribution in [0.5, 0.6) is 11.6 Å². The molecule has 0 amide bonds. The predicted molar refractivity (Wildman–Crippen MR) is 93.2 cm³/mol. The van der Waals surface area contributed by atoms with Crippen molar-refractivity contribution in [1.82, 2.24) is 20.4 Å². The third-order valence-corrected chi connectivity index (χ3v) is 4.34. The summed E-state index contributed by atoms with van der Waals surface area (Å²) in [5, 5.41) is 10.1. The van der Waals surface area contributed by atoms with Gasteiger partial charge in [0.15, 0.2) is 17.7 Å². The molecule has 0 bridgehead atoms. The van der Waals surface area contributed by atoms with Gasteiger partial charge in [-0.1, -0.05) is 6.07 Å². The minimum atomic E-state index is -3.18. The topological polar surface area (TPSA) is 76.2 Å². The van der Waals surface area contributed by atoms with Gasteiger partial charge >= 0.3 is 6.61 Å². The molecule has 1 fully saturated rings. The molecule has 0 saturated carbocycles. The number of rotatable bonds is 7. The first kappa shape index (κ1) is 19.0. The summed E-state index contributed by atoms with van der Waals surface area (Å²) in [7, 11) is 0. The number of nitrogens with zero attached hydrogens (tertiary/aromatic N) is 4. The van der Waals surface area contributed by atoms with Crippen LogP contribution in [0.1, 0.15) is 17.4 Å². The molecule has 1 atom stereocenters. The van der Waals surface area contributed by atoms with E-state index >= 15 is 0 Å². The summed E-state index contributed by atoms with van der Waals surface area (Å²) in [6.07, 6.45) is 1.17. The quantitative estimate of drug-likeness (QED) is 0.604. The molecule has 0 radical (unpaired) electrons. The number of halogens is 4. The van der Waals surface area contributed by atoms with Crippen molar-refractivity contribution in [2.45, 2.75) is 18.9 Å². The highest BCUT2D eigenvalue weighted by Crippen LogP contribution is 2.31. The number of alkyl halides is 3. The molecule has 1 unspecified atom stereocenters. The van der Waals surface area contributed by atoms with E-state index in [4.69, 9.17) is 4.74 Å². The van der Waals surface area contributed by atoms with E-state index in [1.54, 1.807) is 12.1 Å². The lowest BCUT2D eigenvalue weighted by atomic mass is 10.1. The fourth-order valence-corrected chi connectivity index (χ4v) is 2.89. The molecule has 11 heteroatoms. The van der Waals surface area contributed by atoms with Gasteiger partial charge in [-0.05, 0) is 18.2 Å². The van der Waals surface area contributed by atoms with Crippen LogP contribution >= 0.6 is 0 Å². The second-order valence-corrected chi connectivity index (χ2v) is 6.32. The zero-order valence-electron chi connectivity index (χ0n) is 14.8. The summed E-state index contributed by atoms with van der Waals surface area (Å²) in [6.45, 7) is -2.55. The Bertz CT molecular complexity index is 949. The molecule has 3 heterocycles. The molecule has 152 valence electrons. The third-order valence-electron chi connectivity index (χ3n) is 4.34. The predicted octanol–water partition coefficient (Wildman–Crippen LogP) is 3.27. The van der Waals surface area contributed by atoms with E-state index in [9.17, 15) is 17.6 Å². The molecule has 0 spiro atoms. The molecule has 3 aromatic rings. The Morgan fingerprint density at radius 1 is 1.10 bits per heavy atom. The number of hydrogen-bond donors (Lipinski definition) is 1. The number of benzene rings is 1. The molecule has 1 saturated heterocycles. The fraction of sp³-hybridized carbons (Fsp3) is 0.278. The van der Waals surface area contributed by atoms with Crippen LogP contribution in [0.2, 0.25) is 0 Å². The molecule has 29 heavy (non-hydrogen) atoms. The van der Waals surface area contributed by atoms with E-state index in [1.165, 1.54) is 18.5 Å². The van der Waals surface area contributed by atoms with Gasteiger partial charge in [0.2, 0.25) is 5.88 Å². The molecule has 4 rings (SSSR count). The number of H-pyrrole nitrogens is 1. The van der Waals surface area contributed by atoms with Crippen molar-refractivity contribution in [1.29, 1.82) is 0 Å². The Kier molecular flexibility index (Phi) is 5.19. The van der Waals surface area contributed by atoms with Gasteiger partial charge in [0.05, 0.1) is 31.2 Å². The SMILES string of the molecule is Fc1ccc(C(Oc2ccc(N3CC(F)C3)cn2)c2cn[nH]n2)cc1OC(F)F. The van der Waals surface area contributed by atoms with Crippen molar-refractivity contribution in [2.75, 3.05) is 18.0 Å². The number of anilines is 1. The Hall–Kier alpha value is -3.37. The van der Waals surface area contributed by atoms with Crippen LogP contribution in [0.15, 0.2) is 42.7 Å². The summed E-state index contributed by atoms with van der Waals surface area (Å²) in [4.78, 5) is 6.02. The second kappa shape index (κ2) is 7.94. The van der Waals surface area contributed by atoms with E-state index in [0.717, 1.165) is 17.8 Å². The van der Waals surface area contributed by atoms with Crippen molar-refractivity contribution in [3.63, 3.8) is 0 Å². The lowest BCUT2D eigenvalue weighted by molar-refractivity contribution is -0.0523. The monoisotopic (exact) mass is 409 g/mol. The molecule has 7 nitrogen and oxygen atoms in total. The first-order valence-electron chi connectivity index (χ1n) is 8.61. The van der Waals surface area contributed by atoms with Gasteiger partial charge in [-0.25, -0.2) is 13.8 Å². The van der Waals surface area contributed by atoms with Crippen molar-refractivity contribution in [2.24, 2.45) is 0 Å². The lowest BCUT2D eigenvalue weighted by Crippen LogP contribution is -2.48. The molecule has 2 aromatic heterocycles. The molecule has 1 aromatic carbocycles. The molecule has 1 N–H and O–H groups in total. The molecule has 1 aliphatic heterocycles. The third kappa shape index (κ3) is 4.23. The minimum absolute atomic E-state index is 0.208. The van der Waals surface area contributed by atoms with E-state index < -0.39 is 30.5 Å². The number of aromatic amines is 1. The second-order valence-electron chi connectivity index (χ2n) is 6.32. The smallest absolute Gasteiger partial charge is 0.387 e. The summed E-state index contributed by atoms with van der Waals surface area (Å²) in [5.41, 5.74) is 1.39. The van der Waals surface area contributed by atoms with Gasteiger partial charge in [-0.15, -0.1) is 0 Å². The van der Waals surface area contributed by atoms with Crippen molar-refractivity contribution in [3.8, 4) is 11.6 Å². The molecule has 1 aliphatic rings. The summed E-state index contributed by atoms with van der Waals surface area (Å²) < 4.78 is 61.9. The zero-order chi connectivity index (χ0) is 20.4. The number of aromatic nitrogens is 4. The molecular weight excluding hydrogens is 394 g/mol. The van der Waals surface area contributed by atoms with Crippen LogP contribution in [0.4, 0.5) is 23.2 Å². The number of pyridine rings is 1. The van der Waals surface area contributed by atoms with E-state index in [1.807, 2.05) is 4.90 Å². The Balaban J connectivity index is 1.58. The van der Waals surface area contributed by atoms with Crippen LogP contribution in [0, 0.1) is 5.82 Å². The van der Waals surface area contributed by atoms with Crippen molar-refractivity contribution < 1.29 is 27.0 Å². The van der Waals surface area contributed by atoms with E-state index in [-0.39, 0.29) is 5.88 Å². The fourth-order valence-electron chi connectivity index (χ4n) is 2.89. The van der Waals surface area contributed by atoms with Crippen molar-refractivity contribution in [3.05, 3.63) is 59.8 Å². The van der Waals surface area contributed by atoms with Crippen molar-refractivity contribution >= 4 is 5.69 Å². The standard InChI is InChI=1S/C18H15F4N5O2/c19-11-8-27(9-11)12-2-4-16(23-6-12)29-17(14-7-24-26-25-14)10-1-3-13(20)15(5-10)28-18(21)22/h1-7,11,17-18H,8-9H2,(H,24,25,26). The summed E-state index contributed by atoms with van der Waals surface area (Å²) in [5.74, 6) is -1.34. The van der Waals surface area contributed by atoms with E-state index in [2.05, 4.69) is 25.1 Å². The summed E-state index contributed by atoms with van der Waals surface area (Å²) >= 11 is 0. The van der Waals surface area contributed by atoms with Crippen LogP contribution in [0.25, 0.3) is 0 Å². The first-order chi connectivity index (χ1) is 14.0. The Labute approximate surface area is 162 Å². The summed E-state index contributed by atoms with van der Waals surface area (Å²) in [6, 6.07) is 6.79. The van der Waals surface area contributed by atoms with Crippen LogP contribution < -0.4 is 14.4 Å². The van der Waals surface area contributed by atoms with Gasteiger partial charge in [0, 0.05) is 11.6 Å². The number of ether oxygens (including phenoxy) is 2. The number of hydrogen-bond acceptors (Lipinski definition) is 6. The maximum atomic E-state index is 13.8. The average molecular weight is 409 g/mol. The van der Waals surface area contributed by atoms with Crippen LogP contribution in [-0.4, -0.2) is 46.3 Å². The lowest BCUT2D eigenvalue weighted by Gasteiger charge is -2.36. The molecule has 0 aliphatic carbocycles. The van der Waals surface area contributed by atoms with Gasteiger partial charge < -0.3 is 14.4 Å². The van der Waals surface area contributed by atoms with E-state index in [0.29, 0.717) is 24.3 Å². The number of nitrogens with one attached hydrogen (secondary N) is 1. The van der Waals surface area contributed by atoms with Gasteiger partial charge in [0.25, 0.3) is 0 Å². The largest absolute Gasteiger partial charge is 0.463 e. The normalized spacial score (nSPS) is 15.3. The van der Waals surface area contributed by atoms with Crippen LogP contribution in [0.3, 0.4) is 0 Å². The highest BCUT2D eigenvalue weighted by atomic mass is 19.3. The highest BCUT2D eigenvalue weighted by Gasteiger charge is 2.27. The Morgan fingerprint density at radius 3 is 2.55 bits per heavy atom. The zero-order valence-corrected chi connectivity index (χ0v) is 14.8. The maximum absolute atomic E-state index is 13.8. The first-order valence-corrected chi connectivity index (χ1v) is 8.61. The Morgan fingerprint density at radius 2 is 1.93 bits per heavy atom. The average Bonchev–Trinajstić information content (AvgIpc) is 3.20. The molecular formula is C18H15F4N5O2. The van der Waals surface area contributed by atoms with Gasteiger partial charge in [-0.3, -0.25) is 0 Å². The highest BCUT2D eigenvalue weighted by molar-refractivity contribution is 5.48. The van der Waals surface area contributed by atoms with Crippen LogP contribution in [-0.2, 0) is 0 Å².